The lowest BCUT2D eigenvalue weighted by Crippen LogP contribution is -2.39. The maximum atomic E-state index is 12.5. The number of imide groups is 1. The van der Waals surface area contributed by atoms with Gasteiger partial charge in [0.1, 0.15) is 6.61 Å². The van der Waals surface area contributed by atoms with Gasteiger partial charge in [0, 0.05) is 42.8 Å². The number of nitro groups is 1. The van der Waals surface area contributed by atoms with E-state index in [4.69, 9.17) is 10.5 Å². The van der Waals surface area contributed by atoms with E-state index in [1.54, 1.807) is 4.90 Å². The van der Waals surface area contributed by atoms with E-state index in [0.29, 0.717) is 24.3 Å². The largest absolute Gasteiger partial charge is 0.445 e. The van der Waals surface area contributed by atoms with Crippen molar-refractivity contribution in [2.75, 3.05) is 25.1 Å². The fourth-order valence-electron chi connectivity index (χ4n) is 2.72. The third kappa shape index (κ3) is 6.53. The Bertz CT molecular complexity index is 776. The molecule has 1 heterocycles. The van der Waals surface area contributed by atoms with Gasteiger partial charge < -0.3 is 15.4 Å². The summed E-state index contributed by atoms with van der Waals surface area (Å²) in [5.41, 5.74) is 5.66. The third-order valence-corrected chi connectivity index (χ3v) is 5.82. The second-order valence-corrected chi connectivity index (χ2v) is 8.24. The zero-order chi connectivity index (χ0) is 21.6. The highest BCUT2D eigenvalue weighted by Gasteiger charge is 2.34. The molecule has 1 saturated heterocycles. The zero-order valence-electron chi connectivity index (χ0n) is 15.7. The number of hydrogen-bond donors (Lipinski definition) is 2. The van der Waals surface area contributed by atoms with Crippen LogP contribution in [0.5, 0.6) is 0 Å². The fourth-order valence-corrected chi connectivity index (χ4v) is 4.21. The molecule has 2 atom stereocenters. The summed E-state index contributed by atoms with van der Waals surface area (Å²) < 4.78 is 5.33. The van der Waals surface area contributed by atoms with Gasteiger partial charge in [0.05, 0.1) is 10.7 Å². The standard InChI is InChI=1S/C17H22N4O6S2/c1-19(16(18)23)15(22)10-29-9-13-6-14(28)7-20(13)17(24)27-8-11-2-4-12(5-3-11)21(25)26/h2-5,13-14,28H,6-10H2,1H3,(H2,18,23). The van der Waals surface area contributed by atoms with Crippen molar-refractivity contribution in [3.05, 3.63) is 39.9 Å². The number of ether oxygens (including phenoxy) is 1. The topological polar surface area (TPSA) is 136 Å². The van der Waals surface area contributed by atoms with Crippen molar-refractivity contribution >= 4 is 48.1 Å². The van der Waals surface area contributed by atoms with Crippen molar-refractivity contribution in [2.45, 2.75) is 24.3 Å². The number of thioether (sulfide) groups is 1. The summed E-state index contributed by atoms with van der Waals surface area (Å²) in [5, 5.41) is 10.7. The molecule has 1 aliphatic rings. The number of non-ortho nitro benzene ring substituents is 1. The lowest BCUT2D eigenvalue weighted by Gasteiger charge is -2.24. The highest BCUT2D eigenvalue weighted by molar-refractivity contribution is 8.00. The molecule has 2 rings (SSSR count). The summed E-state index contributed by atoms with van der Waals surface area (Å²) in [7, 11) is 1.31. The first-order valence-electron chi connectivity index (χ1n) is 8.67. The summed E-state index contributed by atoms with van der Waals surface area (Å²) in [4.78, 5) is 47.8. The lowest BCUT2D eigenvalue weighted by molar-refractivity contribution is -0.384. The number of nitrogens with two attached hydrogens (primary N) is 1. The van der Waals surface area contributed by atoms with Crippen LogP contribution in [0.25, 0.3) is 0 Å². The number of carbonyl (C=O) groups is 3. The van der Waals surface area contributed by atoms with E-state index in [1.165, 1.54) is 43.1 Å². The van der Waals surface area contributed by atoms with Crippen LogP contribution >= 0.6 is 24.4 Å². The van der Waals surface area contributed by atoms with Crippen LogP contribution in [0.2, 0.25) is 0 Å². The van der Waals surface area contributed by atoms with Crippen molar-refractivity contribution < 1.29 is 24.0 Å². The number of hydrogen-bond acceptors (Lipinski definition) is 8. The number of carbonyl (C=O) groups excluding carboxylic acids is 3. The van der Waals surface area contributed by atoms with E-state index < -0.39 is 23.0 Å². The van der Waals surface area contributed by atoms with Crippen molar-refractivity contribution in [1.29, 1.82) is 0 Å². The normalized spacial score (nSPS) is 18.3. The Morgan fingerprint density at radius 1 is 1.38 bits per heavy atom. The summed E-state index contributed by atoms with van der Waals surface area (Å²) >= 11 is 5.74. The molecular formula is C17H22N4O6S2. The molecule has 12 heteroatoms. The van der Waals surface area contributed by atoms with Crippen molar-refractivity contribution in [1.82, 2.24) is 9.80 Å². The average Bonchev–Trinajstić information content (AvgIpc) is 3.06. The van der Waals surface area contributed by atoms with Gasteiger partial charge in [-0.15, -0.1) is 11.8 Å². The molecule has 2 N–H and O–H groups in total. The SMILES string of the molecule is CN(C(N)=O)C(=O)CSCC1CC(S)CN1C(=O)OCc1ccc([N+](=O)[O-])cc1. The molecule has 0 aliphatic carbocycles. The lowest BCUT2D eigenvalue weighted by atomic mass is 10.2. The van der Waals surface area contributed by atoms with Crippen LogP contribution in [0.3, 0.4) is 0 Å². The van der Waals surface area contributed by atoms with Gasteiger partial charge in [-0.05, 0) is 24.1 Å². The minimum atomic E-state index is -0.816. The maximum Gasteiger partial charge on any atom is 0.410 e. The molecule has 1 aliphatic heterocycles. The van der Waals surface area contributed by atoms with Crippen molar-refractivity contribution in [3.63, 3.8) is 0 Å². The molecule has 0 bridgehead atoms. The number of likely N-dealkylation sites (tertiary alicyclic amines) is 1. The van der Waals surface area contributed by atoms with E-state index in [1.807, 2.05) is 0 Å². The molecule has 1 aromatic rings. The van der Waals surface area contributed by atoms with Crippen molar-refractivity contribution in [2.24, 2.45) is 5.73 Å². The third-order valence-electron chi connectivity index (χ3n) is 4.38. The van der Waals surface area contributed by atoms with Crippen LogP contribution in [-0.2, 0) is 16.1 Å². The predicted octanol–water partition coefficient (Wildman–Crippen LogP) is 1.87. The summed E-state index contributed by atoms with van der Waals surface area (Å²) in [6.45, 7) is 0.412. The Morgan fingerprint density at radius 2 is 2.03 bits per heavy atom. The van der Waals surface area contributed by atoms with Crippen LogP contribution in [0.15, 0.2) is 24.3 Å². The summed E-state index contributed by atoms with van der Waals surface area (Å²) in [5.74, 6) is 0.149. The first kappa shape index (κ1) is 22.8. The Kier molecular flexibility index (Phi) is 8.14. The highest BCUT2D eigenvalue weighted by Crippen LogP contribution is 2.26. The van der Waals surface area contributed by atoms with Crippen molar-refractivity contribution in [3.8, 4) is 0 Å². The van der Waals surface area contributed by atoms with E-state index in [-0.39, 0.29) is 29.3 Å². The number of benzene rings is 1. The Balaban J connectivity index is 1.85. The number of nitro benzene ring substituents is 1. The van der Waals surface area contributed by atoms with Crippen LogP contribution < -0.4 is 5.73 Å². The number of rotatable bonds is 7. The van der Waals surface area contributed by atoms with Gasteiger partial charge in [-0.2, -0.15) is 12.6 Å². The zero-order valence-corrected chi connectivity index (χ0v) is 17.4. The molecule has 29 heavy (non-hydrogen) atoms. The summed E-state index contributed by atoms with van der Waals surface area (Å²) in [6.07, 6.45) is 0.147. The Labute approximate surface area is 177 Å². The van der Waals surface area contributed by atoms with Gasteiger partial charge in [-0.1, -0.05) is 0 Å². The number of primary amides is 1. The molecule has 1 aromatic carbocycles. The molecule has 0 saturated carbocycles. The van der Waals surface area contributed by atoms with E-state index in [2.05, 4.69) is 12.6 Å². The van der Waals surface area contributed by atoms with Crippen LogP contribution in [0.1, 0.15) is 12.0 Å². The number of nitrogens with zero attached hydrogens (tertiary/aromatic N) is 3. The first-order valence-corrected chi connectivity index (χ1v) is 10.3. The minimum absolute atomic E-state index is 0.00322. The average molecular weight is 443 g/mol. The Morgan fingerprint density at radius 3 is 2.62 bits per heavy atom. The second kappa shape index (κ2) is 10.3. The van der Waals surface area contributed by atoms with Gasteiger partial charge in [0.2, 0.25) is 5.91 Å². The van der Waals surface area contributed by atoms with Crippen LogP contribution in [0.4, 0.5) is 15.3 Å². The van der Waals surface area contributed by atoms with Gasteiger partial charge in [-0.3, -0.25) is 19.8 Å². The molecule has 10 nitrogen and oxygen atoms in total. The van der Waals surface area contributed by atoms with Crippen LogP contribution in [-0.4, -0.2) is 69.1 Å². The quantitative estimate of drug-likeness (QED) is 0.374. The number of urea groups is 1. The van der Waals surface area contributed by atoms with Gasteiger partial charge in [-0.25, -0.2) is 9.59 Å². The van der Waals surface area contributed by atoms with E-state index in [0.717, 1.165) is 4.90 Å². The Hall–Kier alpha value is -2.47. The monoisotopic (exact) mass is 442 g/mol. The number of amides is 4. The second-order valence-electron chi connectivity index (χ2n) is 6.48. The molecule has 1 fully saturated rings. The molecule has 0 spiro atoms. The smallest absolute Gasteiger partial charge is 0.410 e. The predicted molar refractivity (Wildman–Crippen MR) is 111 cm³/mol. The van der Waals surface area contributed by atoms with Crippen LogP contribution in [0, 0.1) is 10.1 Å². The number of thiol groups is 1. The molecule has 158 valence electrons. The molecule has 0 aromatic heterocycles. The van der Waals surface area contributed by atoms with E-state index >= 15 is 0 Å². The summed E-state index contributed by atoms with van der Waals surface area (Å²) in [6, 6.07) is 4.79. The minimum Gasteiger partial charge on any atom is -0.445 e. The van der Waals surface area contributed by atoms with E-state index in [9.17, 15) is 24.5 Å². The molecular weight excluding hydrogens is 420 g/mol. The van der Waals surface area contributed by atoms with Gasteiger partial charge in [0.25, 0.3) is 5.69 Å². The van der Waals surface area contributed by atoms with Gasteiger partial charge in [0.15, 0.2) is 0 Å². The van der Waals surface area contributed by atoms with Gasteiger partial charge >= 0.3 is 12.1 Å². The first-order chi connectivity index (χ1) is 13.7. The highest BCUT2D eigenvalue weighted by atomic mass is 32.2. The maximum absolute atomic E-state index is 12.5. The molecule has 2 unspecified atom stereocenters. The fraction of sp³-hybridized carbons (Fsp3) is 0.471. The molecule has 0 radical (unpaired) electrons. The molecule has 4 amide bonds.